The van der Waals surface area contributed by atoms with E-state index in [1.54, 1.807) is 27.7 Å². The van der Waals surface area contributed by atoms with Crippen LogP contribution in [0.15, 0.2) is 30.5 Å². The molecule has 0 aliphatic heterocycles. The number of halogens is 1. The summed E-state index contributed by atoms with van der Waals surface area (Å²) in [7, 11) is 1.86. The average Bonchev–Trinajstić information content (AvgIpc) is 3.02. The maximum atomic E-state index is 13.5. The molecular formula is C15H16FN5O. The highest BCUT2D eigenvalue weighted by Gasteiger charge is 2.13. The zero-order valence-corrected chi connectivity index (χ0v) is 12.4. The van der Waals surface area contributed by atoms with Crippen LogP contribution in [0.25, 0.3) is 11.0 Å². The molecule has 2 heterocycles. The number of hydrogen-bond acceptors (Lipinski definition) is 3. The van der Waals surface area contributed by atoms with E-state index in [1.807, 2.05) is 14.0 Å². The maximum Gasteiger partial charge on any atom is 0.254 e. The number of carbonyl (C=O) groups is 1. The van der Waals surface area contributed by atoms with E-state index < -0.39 is 11.7 Å². The molecular weight excluding hydrogens is 285 g/mol. The van der Waals surface area contributed by atoms with E-state index in [1.165, 1.54) is 12.1 Å². The van der Waals surface area contributed by atoms with Gasteiger partial charge in [-0.15, -0.1) is 0 Å². The lowest BCUT2D eigenvalue weighted by atomic mass is 10.2. The molecule has 0 spiro atoms. The van der Waals surface area contributed by atoms with Gasteiger partial charge in [-0.25, -0.2) is 4.39 Å². The van der Waals surface area contributed by atoms with Crippen molar-refractivity contribution in [2.45, 2.75) is 13.5 Å². The molecule has 0 aliphatic carbocycles. The largest absolute Gasteiger partial charge is 0.350 e. The van der Waals surface area contributed by atoms with Crippen molar-refractivity contribution in [3.05, 3.63) is 47.5 Å². The highest BCUT2D eigenvalue weighted by atomic mass is 19.1. The smallest absolute Gasteiger partial charge is 0.254 e. The molecule has 2 aromatic heterocycles. The third-order valence-electron chi connectivity index (χ3n) is 3.54. The van der Waals surface area contributed by atoms with Crippen molar-refractivity contribution in [1.82, 2.24) is 24.9 Å². The number of amides is 1. The molecule has 22 heavy (non-hydrogen) atoms. The number of rotatable bonds is 4. The van der Waals surface area contributed by atoms with Crippen LogP contribution < -0.4 is 5.32 Å². The van der Waals surface area contributed by atoms with Crippen LogP contribution in [0, 0.1) is 12.7 Å². The number of benzene rings is 1. The molecule has 1 N–H and O–H groups in total. The van der Waals surface area contributed by atoms with Crippen molar-refractivity contribution >= 4 is 16.9 Å². The average molecular weight is 301 g/mol. The summed E-state index contributed by atoms with van der Waals surface area (Å²) in [5.74, 6) is -0.950. The Morgan fingerprint density at radius 1 is 1.36 bits per heavy atom. The first-order chi connectivity index (χ1) is 10.6. The van der Waals surface area contributed by atoms with Gasteiger partial charge in [-0.05, 0) is 19.1 Å². The van der Waals surface area contributed by atoms with Crippen LogP contribution in [0.1, 0.15) is 16.1 Å². The standard InChI is InChI=1S/C15H16FN5O/c1-10-14-13(20(2)19-10)9-18-21(14)8-7-17-15(22)11-5-3-4-6-12(11)16/h3-6,9H,7-8H2,1-2H3,(H,17,22). The highest BCUT2D eigenvalue weighted by Crippen LogP contribution is 2.16. The Morgan fingerprint density at radius 3 is 2.91 bits per heavy atom. The van der Waals surface area contributed by atoms with E-state index in [9.17, 15) is 9.18 Å². The van der Waals surface area contributed by atoms with Crippen molar-refractivity contribution in [3.8, 4) is 0 Å². The Labute approximate surface area is 126 Å². The SMILES string of the molecule is Cc1nn(C)c2cnn(CCNC(=O)c3ccccc3F)c12. The fraction of sp³-hybridized carbons (Fsp3) is 0.267. The lowest BCUT2D eigenvalue weighted by Gasteiger charge is -2.07. The Morgan fingerprint density at radius 2 is 2.14 bits per heavy atom. The molecule has 0 unspecified atom stereocenters. The molecule has 0 atom stereocenters. The minimum absolute atomic E-state index is 0.0469. The lowest BCUT2D eigenvalue weighted by Crippen LogP contribution is -2.28. The molecule has 0 bridgehead atoms. The minimum atomic E-state index is -0.524. The molecule has 7 heteroatoms. The Bertz CT molecular complexity index is 836. The van der Waals surface area contributed by atoms with Crippen LogP contribution in [0.5, 0.6) is 0 Å². The summed E-state index contributed by atoms with van der Waals surface area (Å²) in [6.45, 7) is 2.77. The van der Waals surface area contributed by atoms with Crippen LogP contribution in [0.3, 0.4) is 0 Å². The van der Waals surface area contributed by atoms with Crippen molar-refractivity contribution in [3.63, 3.8) is 0 Å². The van der Waals surface area contributed by atoms with Crippen LogP contribution in [-0.2, 0) is 13.6 Å². The van der Waals surface area contributed by atoms with Gasteiger partial charge in [0.15, 0.2) is 0 Å². The van der Waals surface area contributed by atoms with Crippen molar-refractivity contribution in [1.29, 1.82) is 0 Å². The summed E-state index contributed by atoms with van der Waals surface area (Å²) in [6, 6.07) is 5.92. The number of aromatic nitrogens is 4. The second-order valence-corrected chi connectivity index (χ2v) is 5.05. The third-order valence-corrected chi connectivity index (χ3v) is 3.54. The second-order valence-electron chi connectivity index (χ2n) is 5.05. The van der Waals surface area contributed by atoms with Gasteiger partial charge in [-0.3, -0.25) is 14.2 Å². The zero-order chi connectivity index (χ0) is 15.7. The highest BCUT2D eigenvalue weighted by molar-refractivity contribution is 5.94. The van der Waals surface area contributed by atoms with Gasteiger partial charge in [0.05, 0.1) is 24.0 Å². The van der Waals surface area contributed by atoms with E-state index in [-0.39, 0.29) is 5.56 Å². The first kappa shape index (κ1) is 14.2. The topological polar surface area (TPSA) is 64.7 Å². The molecule has 114 valence electrons. The molecule has 3 rings (SSSR count). The van der Waals surface area contributed by atoms with Crippen molar-refractivity contribution < 1.29 is 9.18 Å². The normalized spacial score (nSPS) is 11.0. The summed E-state index contributed by atoms with van der Waals surface area (Å²) in [6.07, 6.45) is 1.74. The monoisotopic (exact) mass is 301 g/mol. The fourth-order valence-electron chi connectivity index (χ4n) is 2.50. The van der Waals surface area contributed by atoms with Gasteiger partial charge in [0.25, 0.3) is 5.91 Å². The molecule has 1 amide bonds. The maximum absolute atomic E-state index is 13.5. The molecule has 1 aromatic carbocycles. The fourth-order valence-corrected chi connectivity index (χ4v) is 2.50. The van der Waals surface area contributed by atoms with Crippen LogP contribution in [0.2, 0.25) is 0 Å². The van der Waals surface area contributed by atoms with Crippen molar-refractivity contribution in [2.24, 2.45) is 7.05 Å². The van der Waals surface area contributed by atoms with E-state index in [2.05, 4.69) is 15.5 Å². The van der Waals surface area contributed by atoms with Gasteiger partial charge in [-0.2, -0.15) is 10.2 Å². The van der Waals surface area contributed by atoms with Crippen LogP contribution in [0.4, 0.5) is 4.39 Å². The predicted molar refractivity (Wildman–Crippen MR) is 80.0 cm³/mol. The van der Waals surface area contributed by atoms with Gasteiger partial charge in [0, 0.05) is 13.6 Å². The molecule has 6 nitrogen and oxygen atoms in total. The first-order valence-corrected chi connectivity index (χ1v) is 6.96. The minimum Gasteiger partial charge on any atom is -0.350 e. The molecule has 0 aliphatic rings. The number of hydrogen-bond donors (Lipinski definition) is 1. The number of carbonyl (C=O) groups excluding carboxylic acids is 1. The molecule has 0 saturated heterocycles. The van der Waals surface area contributed by atoms with Crippen molar-refractivity contribution in [2.75, 3.05) is 6.54 Å². The second kappa shape index (κ2) is 5.59. The molecule has 0 fully saturated rings. The van der Waals surface area contributed by atoms with E-state index in [4.69, 9.17) is 0 Å². The van der Waals surface area contributed by atoms with Crippen LogP contribution >= 0.6 is 0 Å². The molecule has 0 saturated carbocycles. The molecule has 3 aromatic rings. The van der Waals surface area contributed by atoms with Gasteiger partial charge in [-0.1, -0.05) is 12.1 Å². The first-order valence-electron chi connectivity index (χ1n) is 6.96. The predicted octanol–water partition coefficient (Wildman–Crippen LogP) is 1.65. The van der Waals surface area contributed by atoms with Gasteiger partial charge < -0.3 is 5.32 Å². The number of nitrogens with zero attached hydrogens (tertiary/aromatic N) is 4. The van der Waals surface area contributed by atoms with Crippen LogP contribution in [-0.4, -0.2) is 32.0 Å². The van der Waals surface area contributed by atoms with E-state index >= 15 is 0 Å². The number of nitrogens with one attached hydrogen (secondary N) is 1. The van der Waals surface area contributed by atoms with E-state index in [0.29, 0.717) is 13.1 Å². The number of aryl methyl sites for hydroxylation is 2. The van der Waals surface area contributed by atoms with Gasteiger partial charge in [0.1, 0.15) is 16.9 Å². The summed E-state index contributed by atoms with van der Waals surface area (Å²) in [4.78, 5) is 11.9. The zero-order valence-electron chi connectivity index (χ0n) is 12.4. The van der Waals surface area contributed by atoms with Gasteiger partial charge >= 0.3 is 0 Å². The summed E-state index contributed by atoms with van der Waals surface area (Å²) >= 11 is 0. The summed E-state index contributed by atoms with van der Waals surface area (Å²) < 4.78 is 17.1. The Balaban J connectivity index is 1.68. The Hall–Kier alpha value is -2.70. The summed E-state index contributed by atoms with van der Waals surface area (Å²) in [5.41, 5.74) is 2.82. The quantitative estimate of drug-likeness (QED) is 0.797. The number of fused-ring (bicyclic) bond motifs is 1. The van der Waals surface area contributed by atoms with Gasteiger partial charge in [0.2, 0.25) is 0 Å². The molecule has 0 radical (unpaired) electrons. The van der Waals surface area contributed by atoms with E-state index in [0.717, 1.165) is 16.7 Å². The third kappa shape index (κ3) is 2.45. The Kier molecular flexibility index (Phi) is 3.62. The lowest BCUT2D eigenvalue weighted by molar-refractivity contribution is 0.0948. The summed E-state index contributed by atoms with van der Waals surface area (Å²) in [5, 5.41) is 11.3.